The van der Waals surface area contributed by atoms with Crippen LogP contribution in [0, 0.1) is 15.9 Å². The molecule has 230 valence electrons. The van der Waals surface area contributed by atoms with Gasteiger partial charge in [-0.3, -0.25) is 14.9 Å². The van der Waals surface area contributed by atoms with E-state index in [0.717, 1.165) is 54.6 Å². The maximum absolute atomic E-state index is 14.2. The number of carbonyl (C=O) groups is 1. The molecule has 1 amide bonds. The zero-order valence-corrected chi connectivity index (χ0v) is 23.7. The molecule has 0 spiro atoms. The molecule has 0 aliphatic rings. The number of aliphatic hydroxyl groups is 1. The molecule has 2 unspecified atom stereocenters. The second kappa shape index (κ2) is 12.2. The fourth-order valence-corrected chi connectivity index (χ4v) is 6.86. The van der Waals surface area contributed by atoms with Crippen LogP contribution in [-0.2, 0) is 21.6 Å². The Labute approximate surface area is 252 Å². The van der Waals surface area contributed by atoms with E-state index in [1.54, 1.807) is 0 Å². The van der Waals surface area contributed by atoms with Crippen LogP contribution < -0.4 is 5.32 Å². The summed E-state index contributed by atoms with van der Waals surface area (Å²) in [6.45, 7) is -0.967. The highest BCUT2D eigenvalue weighted by atomic mass is 35.5. The number of hydrogen-bond donors (Lipinski definition) is 3. The number of phenols is 1. The standard InChI is InChI=1S/C29H21ClF4N2O7S/c30-23-15-17(5-14-24(23)36(40)41)26(44(42,43)21-12-10-20(31)11-13-21)28(39,18-6-8-19(9-7-18)29(32,33)34)16-35-27(38)22-3-1-2-4-25(22)37/h1-15,26,37,39H,16H2,(H,35,38). The van der Waals surface area contributed by atoms with Gasteiger partial charge < -0.3 is 15.5 Å². The van der Waals surface area contributed by atoms with Crippen LogP contribution in [0.1, 0.15) is 32.3 Å². The first-order valence-electron chi connectivity index (χ1n) is 12.5. The summed E-state index contributed by atoms with van der Waals surface area (Å²) >= 11 is 6.09. The molecule has 4 rings (SSSR count). The molecule has 15 heteroatoms. The summed E-state index contributed by atoms with van der Waals surface area (Å²) in [6, 6.07) is 14.2. The zero-order chi connectivity index (χ0) is 32.4. The van der Waals surface area contributed by atoms with E-state index in [1.165, 1.54) is 24.3 Å². The zero-order valence-electron chi connectivity index (χ0n) is 22.1. The van der Waals surface area contributed by atoms with Crippen LogP contribution in [0.15, 0.2) is 95.9 Å². The number of halogens is 5. The normalized spacial score (nSPS) is 14.0. The van der Waals surface area contributed by atoms with Crippen molar-refractivity contribution in [1.29, 1.82) is 0 Å². The van der Waals surface area contributed by atoms with Gasteiger partial charge in [0, 0.05) is 6.07 Å². The lowest BCUT2D eigenvalue weighted by atomic mass is 9.85. The molecular weight excluding hydrogens is 632 g/mol. The molecule has 3 N–H and O–H groups in total. The van der Waals surface area contributed by atoms with E-state index in [1.807, 2.05) is 0 Å². The molecule has 9 nitrogen and oxygen atoms in total. The Morgan fingerprint density at radius 2 is 1.55 bits per heavy atom. The highest BCUT2D eigenvalue weighted by Gasteiger charge is 2.49. The molecular formula is C29H21ClF4N2O7S. The van der Waals surface area contributed by atoms with Crippen molar-refractivity contribution in [2.75, 3.05) is 6.54 Å². The molecule has 0 aliphatic heterocycles. The van der Waals surface area contributed by atoms with Crippen LogP contribution in [0.3, 0.4) is 0 Å². The Kier molecular flexibility index (Phi) is 9.00. The third-order valence-electron chi connectivity index (χ3n) is 6.74. The van der Waals surface area contributed by atoms with Gasteiger partial charge in [0.1, 0.15) is 27.4 Å². The second-order valence-corrected chi connectivity index (χ2v) is 12.0. The third kappa shape index (κ3) is 6.51. The lowest BCUT2D eigenvalue weighted by molar-refractivity contribution is -0.384. The number of benzene rings is 4. The number of nitrogens with one attached hydrogen (secondary N) is 1. The molecule has 0 saturated carbocycles. The number of aromatic hydroxyl groups is 1. The van der Waals surface area contributed by atoms with Gasteiger partial charge in [0.25, 0.3) is 11.6 Å². The van der Waals surface area contributed by atoms with Gasteiger partial charge in [-0.15, -0.1) is 0 Å². The number of nitro benzene ring substituents is 1. The lowest BCUT2D eigenvalue weighted by Gasteiger charge is -2.37. The van der Waals surface area contributed by atoms with Gasteiger partial charge in [-0.05, 0) is 65.7 Å². The molecule has 0 fully saturated rings. The number of nitrogens with zero attached hydrogens (tertiary/aromatic N) is 1. The first-order chi connectivity index (χ1) is 20.6. The number of nitro groups is 1. The molecule has 0 saturated heterocycles. The summed E-state index contributed by atoms with van der Waals surface area (Å²) < 4.78 is 82.2. The van der Waals surface area contributed by atoms with Gasteiger partial charge in [-0.2, -0.15) is 13.2 Å². The Bertz CT molecular complexity index is 1820. The van der Waals surface area contributed by atoms with E-state index < -0.39 is 82.5 Å². The van der Waals surface area contributed by atoms with Gasteiger partial charge in [-0.25, -0.2) is 12.8 Å². The van der Waals surface area contributed by atoms with Crippen LogP contribution in [0.4, 0.5) is 23.2 Å². The lowest BCUT2D eigenvalue weighted by Crippen LogP contribution is -2.47. The van der Waals surface area contributed by atoms with E-state index in [0.29, 0.717) is 12.1 Å². The molecule has 4 aromatic carbocycles. The van der Waals surface area contributed by atoms with Gasteiger partial charge in [0.2, 0.25) is 0 Å². The number of phenolic OH excluding ortho intramolecular Hbond substituents is 1. The molecule has 0 aromatic heterocycles. The number of alkyl halides is 3. The van der Waals surface area contributed by atoms with E-state index in [2.05, 4.69) is 5.32 Å². The molecule has 0 aliphatic carbocycles. The number of hydrogen-bond acceptors (Lipinski definition) is 7. The maximum Gasteiger partial charge on any atom is 0.416 e. The van der Waals surface area contributed by atoms with Crippen molar-refractivity contribution in [3.63, 3.8) is 0 Å². The maximum atomic E-state index is 14.2. The summed E-state index contributed by atoms with van der Waals surface area (Å²) in [5, 5.41) is 33.4. The van der Waals surface area contributed by atoms with Gasteiger partial charge >= 0.3 is 6.18 Å². The predicted octanol–water partition coefficient (Wildman–Crippen LogP) is 5.94. The SMILES string of the molecule is O=C(NCC(O)(c1ccc(C(F)(F)F)cc1)C(c1ccc([N+](=O)[O-])c(Cl)c1)S(=O)(=O)c1ccc(F)cc1)c1ccccc1O. The highest BCUT2D eigenvalue weighted by molar-refractivity contribution is 7.91. The smallest absolute Gasteiger partial charge is 0.416 e. The van der Waals surface area contributed by atoms with Crippen molar-refractivity contribution >= 4 is 33.0 Å². The van der Waals surface area contributed by atoms with Crippen molar-refractivity contribution in [2.45, 2.75) is 21.9 Å². The fourth-order valence-electron chi connectivity index (χ4n) is 4.58. The van der Waals surface area contributed by atoms with Gasteiger partial charge in [0.05, 0.1) is 27.5 Å². The van der Waals surface area contributed by atoms with E-state index in [-0.39, 0.29) is 11.1 Å². The topological polar surface area (TPSA) is 147 Å². The highest BCUT2D eigenvalue weighted by Crippen LogP contribution is 2.46. The second-order valence-electron chi connectivity index (χ2n) is 9.55. The number of rotatable bonds is 9. The van der Waals surface area contributed by atoms with Crippen LogP contribution in [0.25, 0.3) is 0 Å². The van der Waals surface area contributed by atoms with E-state index in [9.17, 15) is 51.1 Å². The van der Waals surface area contributed by atoms with Gasteiger partial charge in [-0.1, -0.05) is 41.9 Å². The van der Waals surface area contributed by atoms with Crippen LogP contribution in [0.2, 0.25) is 5.02 Å². The first kappa shape index (κ1) is 32.4. The molecule has 0 bridgehead atoms. The van der Waals surface area contributed by atoms with Crippen molar-refractivity contribution in [3.8, 4) is 5.75 Å². The molecule has 4 aromatic rings. The summed E-state index contributed by atoms with van der Waals surface area (Å²) in [6.07, 6.45) is -4.79. The Hall–Kier alpha value is -4.53. The van der Waals surface area contributed by atoms with E-state index in [4.69, 9.17) is 11.6 Å². The Morgan fingerprint density at radius 3 is 2.09 bits per heavy atom. The largest absolute Gasteiger partial charge is 0.507 e. The monoisotopic (exact) mass is 652 g/mol. The fraction of sp³-hybridized carbons (Fsp3) is 0.138. The Morgan fingerprint density at radius 1 is 0.955 bits per heavy atom. The molecule has 0 radical (unpaired) electrons. The number of amides is 1. The summed E-state index contributed by atoms with van der Waals surface area (Å²) in [4.78, 5) is 23.0. The minimum Gasteiger partial charge on any atom is -0.507 e. The van der Waals surface area contributed by atoms with Crippen molar-refractivity contribution in [1.82, 2.24) is 5.32 Å². The predicted molar refractivity (Wildman–Crippen MR) is 150 cm³/mol. The van der Waals surface area contributed by atoms with Crippen LogP contribution in [-0.4, -0.2) is 36.0 Å². The molecule has 0 heterocycles. The molecule has 44 heavy (non-hydrogen) atoms. The van der Waals surface area contributed by atoms with Crippen molar-refractivity contribution < 1.29 is 45.9 Å². The average molecular weight is 653 g/mol. The summed E-state index contributed by atoms with van der Waals surface area (Å²) in [5.74, 6) is -2.24. The van der Waals surface area contributed by atoms with Crippen LogP contribution >= 0.6 is 11.6 Å². The van der Waals surface area contributed by atoms with E-state index >= 15 is 0 Å². The number of carbonyl (C=O) groups excluding carboxylic acids is 1. The minimum absolute atomic E-state index is 0.265. The van der Waals surface area contributed by atoms with Crippen molar-refractivity contribution in [3.05, 3.63) is 134 Å². The summed E-state index contributed by atoms with van der Waals surface area (Å²) in [7, 11) is -4.85. The number of para-hydroxylation sites is 1. The van der Waals surface area contributed by atoms with Crippen LogP contribution in [0.5, 0.6) is 5.75 Å². The summed E-state index contributed by atoms with van der Waals surface area (Å²) in [5.41, 5.74) is -5.55. The molecule has 2 atom stereocenters. The number of sulfone groups is 1. The third-order valence-corrected chi connectivity index (χ3v) is 9.25. The van der Waals surface area contributed by atoms with Crippen molar-refractivity contribution in [2.24, 2.45) is 0 Å². The first-order valence-corrected chi connectivity index (χ1v) is 14.4. The average Bonchev–Trinajstić information content (AvgIpc) is 2.96. The minimum atomic E-state index is -4.85. The quantitative estimate of drug-likeness (QED) is 0.0877. The Balaban J connectivity index is 1.96. The van der Waals surface area contributed by atoms with Gasteiger partial charge in [0.15, 0.2) is 9.84 Å².